The van der Waals surface area contributed by atoms with Crippen molar-refractivity contribution in [1.82, 2.24) is 0 Å². The van der Waals surface area contributed by atoms with E-state index in [0.717, 1.165) is 12.1 Å². The van der Waals surface area contributed by atoms with Crippen LogP contribution in [0.3, 0.4) is 0 Å². The summed E-state index contributed by atoms with van der Waals surface area (Å²) in [5, 5.41) is 0. The summed E-state index contributed by atoms with van der Waals surface area (Å²) in [6.07, 6.45) is -4.20. The first-order chi connectivity index (χ1) is 8.30. The fourth-order valence-electron chi connectivity index (χ4n) is 1.42. The van der Waals surface area contributed by atoms with Crippen molar-refractivity contribution in [2.45, 2.75) is 25.4 Å². The molecule has 1 amide bonds. The van der Waals surface area contributed by atoms with E-state index in [9.17, 15) is 22.4 Å². The standard InChI is InChI=1S/C11H12F3NO.CH3F/c1-7(6-10(15)16)8-2-4-9(5-3-8)11(12,13)14;1-2/h2-5,7H,6H2,1H3,(H2,15,16);1H3. The van der Waals surface area contributed by atoms with Gasteiger partial charge in [0, 0.05) is 6.42 Å². The number of rotatable bonds is 3. The van der Waals surface area contributed by atoms with Crippen LogP contribution in [0.4, 0.5) is 17.6 Å². The van der Waals surface area contributed by atoms with Crippen LogP contribution in [0.2, 0.25) is 0 Å². The van der Waals surface area contributed by atoms with Crippen LogP contribution in [-0.4, -0.2) is 13.1 Å². The van der Waals surface area contributed by atoms with Gasteiger partial charge in [-0.3, -0.25) is 9.18 Å². The molecule has 0 bridgehead atoms. The number of nitrogens with two attached hydrogens (primary N) is 1. The minimum absolute atomic E-state index is 0.130. The molecule has 6 heteroatoms. The van der Waals surface area contributed by atoms with Gasteiger partial charge in [-0.2, -0.15) is 13.2 Å². The van der Waals surface area contributed by atoms with Crippen molar-refractivity contribution in [1.29, 1.82) is 0 Å². The predicted molar refractivity (Wildman–Crippen MR) is 60.7 cm³/mol. The van der Waals surface area contributed by atoms with Crippen LogP contribution in [0.15, 0.2) is 24.3 Å². The Morgan fingerprint density at radius 2 is 1.67 bits per heavy atom. The lowest BCUT2D eigenvalue weighted by Crippen LogP contribution is -2.14. The lowest BCUT2D eigenvalue weighted by molar-refractivity contribution is -0.137. The van der Waals surface area contributed by atoms with Gasteiger partial charge in [0.1, 0.15) is 0 Å². The zero-order valence-electron chi connectivity index (χ0n) is 10.1. The molecule has 0 heterocycles. The van der Waals surface area contributed by atoms with E-state index in [4.69, 9.17) is 5.73 Å². The van der Waals surface area contributed by atoms with E-state index in [1.165, 1.54) is 12.1 Å². The van der Waals surface area contributed by atoms with E-state index in [2.05, 4.69) is 0 Å². The molecule has 0 saturated heterocycles. The quantitative estimate of drug-likeness (QED) is 0.837. The summed E-state index contributed by atoms with van der Waals surface area (Å²) < 4.78 is 46.3. The molecule has 0 fully saturated rings. The Hall–Kier alpha value is -1.59. The number of hydrogen-bond donors (Lipinski definition) is 1. The van der Waals surface area contributed by atoms with Crippen LogP contribution in [0.25, 0.3) is 0 Å². The number of halogens is 4. The molecule has 102 valence electrons. The molecule has 1 rings (SSSR count). The second-order valence-electron chi connectivity index (χ2n) is 3.69. The molecular weight excluding hydrogens is 250 g/mol. The maximum absolute atomic E-state index is 12.3. The minimum Gasteiger partial charge on any atom is -0.370 e. The fraction of sp³-hybridized carbons (Fsp3) is 0.417. The van der Waals surface area contributed by atoms with Gasteiger partial charge in [-0.05, 0) is 23.6 Å². The van der Waals surface area contributed by atoms with Crippen molar-refractivity contribution in [3.05, 3.63) is 35.4 Å². The number of benzene rings is 1. The molecule has 0 radical (unpaired) electrons. The SMILES string of the molecule is CC(CC(N)=O)c1ccc(C(F)(F)F)cc1.CF. The third-order valence-electron chi connectivity index (χ3n) is 2.31. The van der Waals surface area contributed by atoms with Gasteiger partial charge < -0.3 is 5.73 Å². The molecule has 18 heavy (non-hydrogen) atoms. The molecular formula is C12H15F4NO. The van der Waals surface area contributed by atoms with Gasteiger partial charge in [-0.1, -0.05) is 19.1 Å². The molecule has 1 aromatic rings. The van der Waals surface area contributed by atoms with Gasteiger partial charge in [-0.15, -0.1) is 0 Å². The van der Waals surface area contributed by atoms with E-state index in [1.807, 2.05) is 0 Å². The van der Waals surface area contributed by atoms with Gasteiger partial charge in [0.2, 0.25) is 5.91 Å². The van der Waals surface area contributed by atoms with Crippen molar-refractivity contribution in [2.75, 3.05) is 7.18 Å². The van der Waals surface area contributed by atoms with E-state index in [1.54, 1.807) is 6.92 Å². The predicted octanol–water partition coefficient (Wildman–Crippen LogP) is 3.27. The summed E-state index contributed by atoms with van der Waals surface area (Å²) in [5.41, 5.74) is 4.99. The number of carbonyl (C=O) groups excluding carboxylic acids is 1. The topological polar surface area (TPSA) is 43.1 Å². The number of carbonyl (C=O) groups is 1. The molecule has 2 nitrogen and oxygen atoms in total. The second kappa shape index (κ2) is 6.98. The fourth-order valence-corrected chi connectivity index (χ4v) is 1.42. The largest absolute Gasteiger partial charge is 0.416 e. The Balaban J connectivity index is 0.00000137. The zero-order valence-corrected chi connectivity index (χ0v) is 10.1. The van der Waals surface area contributed by atoms with Gasteiger partial charge >= 0.3 is 6.18 Å². The average Bonchev–Trinajstić information content (AvgIpc) is 2.30. The van der Waals surface area contributed by atoms with Gasteiger partial charge in [0.25, 0.3) is 0 Å². The molecule has 0 aromatic heterocycles. The summed E-state index contributed by atoms with van der Waals surface area (Å²) >= 11 is 0. The lowest BCUT2D eigenvalue weighted by Gasteiger charge is -2.11. The number of hydrogen-bond acceptors (Lipinski definition) is 1. The monoisotopic (exact) mass is 265 g/mol. The first-order valence-electron chi connectivity index (χ1n) is 5.14. The van der Waals surface area contributed by atoms with Gasteiger partial charge in [0.15, 0.2) is 0 Å². The van der Waals surface area contributed by atoms with Crippen LogP contribution in [0.5, 0.6) is 0 Å². The van der Waals surface area contributed by atoms with Crippen LogP contribution in [0.1, 0.15) is 30.4 Å². The van der Waals surface area contributed by atoms with Gasteiger partial charge in [-0.25, -0.2) is 0 Å². The first-order valence-corrected chi connectivity index (χ1v) is 5.14. The highest BCUT2D eigenvalue weighted by Gasteiger charge is 2.30. The third-order valence-corrected chi connectivity index (χ3v) is 2.31. The number of primary amides is 1. The Kier molecular flexibility index (Phi) is 6.36. The Morgan fingerprint density at radius 3 is 2.00 bits per heavy atom. The average molecular weight is 265 g/mol. The molecule has 0 saturated carbocycles. The van der Waals surface area contributed by atoms with Crippen molar-refractivity contribution in [3.63, 3.8) is 0 Å². The van der Waals surface area contributed by atoms with Crippen molar-refractivity contribution < 1.29 is 22.4 Å². The van der Waals surface area contributed by atoms with Crippen LogP contribution in [-0.2, 0) is 11.0 Å². The zero-order chi connectivity index (χ0) is 14.3. The van der Waals surface area contributed by atoms with E-state index in [0.29, 0.717) is 12.7 Å². The second-order valence-corrected chi connectivity index (χ2v) is 3.69. The maximum Gasteiger partial charge on any atom is 0.416 e. The Bertz CT molecular complexity index is 373. The van der Waals surface area contributed by atoms with Crippen LogP contribution in [0, 0.1) is 0 Å². The molecule has 0 aliphatic carbocycles. The third kappa shape index (κ3) is 5.16. The summed E-state index contributed by atoms with van der Waals surface area (Å²) in [6.45, 7) is 1.74. The highest BCUT2D eigenvalue weighted by Crippen LogP contribution is 2.30. The molecule has 2 N–H and O–H groups in total. The first kappa shape index (κ1) is 16.4. The van der Waals surface area contributed by atoms with Crippen LogP contribution < -0.4 is 5.73 Å². The molecule has 0 spiro atoms. The highest BCUT2D eigenvalue weighted by molar-refractivity contribution is 5.74. The van der Waals surface area contributed by atoms with Gasteiger partial charge in [0.05, 0.1) is 12.7 Å². The molecule has 1 unspecified atom stereocenters. The summed E-state index contributed by atoms with van der Waals surface area (Å²) in [4.78, 5) is 10.7. The van der Waals surface area contributed by atoms with Crippen molar-refractivity contribution in [2.24, 2.45) is 5.73 Å². The number of alkyl halides is 4. The smallest absolute Gasteiger partial charge is 0.370 e. The Labute approximate surface area is 103 Å². The molecule has 0 aliphatic rings. The van der Waals surface area contributed by atoms with E-state index >= 15 is 0 Å². The van der Waals surface area contributed by atoms with E-state index in [-0.39, 0.29) is 12.3 Å². The van der Waals surface area contributed by atoms with Crippen molar-refractivity contribution >= 4 is 5.91 Å². The molecule has 0 aliphatic heterocycles. The van der Waals surface area contributed by atoms with Crippen LogP contribution >= 0.6 is 0 Å². The summed E-state index contributed by atoms with van der Waals surface area (Å²) in [7, 11) is 0.500. The maximum atomic E-state index is 12.3. The lowest BCUT2D eigenvalue weighted by atomic mass is 9.96. The summed E-state index contributed by atoms with van der Waals surface area (Å²) in [6, 6.07) is 4.76. The summed E-state index contributed by atoms with van der Waals surface area (Å²) in [5.74, 6) is -0.632. The van der Waals surface area contributed by atoms with E-state index < -0.39 is 17.6 Å². The van der Waals surface area contributed by atoms with Crippen molar-refractivity contribution in [3.8, 4) is 0 Å². The molecule has 1 atom stereocenters. The highest BCUT2D eigenvalue weighted by atomic mass is 19.4. The molecule has 1 aromatic carbocycles. The minimum atomic E-state index is -4.33. The number of amides is 1. The normalized spacial score (nSPS) is 12.3. The Morgan fingerprint density at radius 1 is 1.22 bits per heavy atom.